The Hall–Kier alpha value is -1.05. The molecule has 0 fully saturated rings. The van der Waals surface area contributed by atoms with Gasteiger partial charge in [-0.25, -0.2) is 0 Å². The molecule has 0 radical (unpaired) electrons. The van der Waals surface area contributed by atoms with Crippen LogP contribution in [-0.4, -0.2) is 11.9 Å². The fourth-order valence-electron chi connectivity index (χ4n) is 3.45. The van der Waals surface area contributed by atoms with E-state index in [0.29, 0.717) is 18.3 Å². The predicted molar refractivity (Wildman–Crippen MR) is 66.5 cm³/mol. The van der Waals surface area contributed by atoms with Crippen molar-refractivity contribution in [2.45, 2.75) is 58.5 Å². The number of carbonyl (C=O) groups is 1. The van der Waals surface area contributed by atoms with Gasteiger partial charge in [0.15, 0.2) is 0 Å². The van der Waals surface area contributed by atoms with Crippen molar-refractivity contribution in [2.75, 3.05) is 0 Å². The van der Waals surface area contributed by atoms with Crippen LogP contribution in [0.4, 0.5) is 0 Å². The fraction of sp³-hybridized carbons (Fsp3) is 0.667. The third-order valence-corrected chi connectivity index (χ3v) is 4.70. The molecule has 1 heterocycles. The van der Waals surface area contributed by atoms with Crippen molar-refractivity contribution in [1.82, 2.24) is 0 Å². The van der Waals surface area contributed by atoms with E-state index in [-0.39, 0.29) is 5.41 Å². The number of carbonyl (C=O) groups excluding carboxylic acids is 1. The van der Waals surface area contributed by atoms with Crippen LogP contribution in [0.15, 0.2) is 23.0 Å². The van der Waals surface area contributed by atoms with Crippen LogP contribution in [0.25, 0.3) is 0 Å². The average molecular weight is 232 g/mol. The Bertz CT molecular complexity index is 430. The molecule has 0 N–H and O–H groups in total. The number of ether oxygens (including phenoxy) is 1. The molecular formula is C15H20O2. The molecule has 3 rings (SSSR count). The summed E-state index contributed by atoms with van der Waals surface area (Å²) in [6, 6.07) is 0. The molecule has 0 aromatic carbocycles. The molecule has 2 nitrogen and oxygen atoms in total. The molecular weight excluding hydrogens is 212 g/mol. The van der Waals surface area contributed by atoms with E-state index in [4.69, 9.17) is 4.74 Å². The van der Waals surface area contributed by atoms with Crippen LogP contribution >= 0.6 is 0 Å². The van der Waals surface area contributed by atoms with E-state index in [9.17, 15) is 4.79 Å². The lowest BCUT2D eigenvalue weighted by atomic mass is 9.70. The summed E-state index contributed by atoms with van der Waals surface area (Å²) in [5, 5.41) is 0. The quantitative estimate of drug-likeness (QED) is 0.691. The second-order valence-electron chi connectivity index (χ2n) is 5.67. The van der Waals surface area contributed by atoms with Gasteiger partial charge in [0, 0.05) is 12.8 Å². The number of rotatable bonds is 1. The average Bonchev–Trinajstić information content (AvgIpc) is 2.65. The lowest BCUT2D eigenvalue weighted by Gasteiger charge is -2.38. The van der Waals surface area contributed by atoms with E-state index < -0.39 is 0 Å². The summed E-state index contributed by atoms with van der Waals surface area (Å²) in [5.74, 6) is 1.58. The van der Waals surface area contributed by atoms with Gasteiger partial charge < -0.3 is 4.74 Å². The molecule has 0 spiro atoms. The maximum atomic E-state index is 12.0. The standard InChI is InChI=1S/C15H20O2/c1-3-10-4-5-11-12-6-7-14(16)15(12,2)9-8-13(11)17-10/h6,10H,3-5,7-9H2,1-2H3. The largest absolute Gasteiger partial charge is 0.494 e. The highest BCUT2D eigenvalue weighted by atomic mass is 16.5. The first-order valence-electron chi connectivity index (χ1n) is 6.78. The molecule has 1 aliphatic heterocycles. The van der Waals surface area contributed by atoms with E-state index in [1.54, 1.807) is 0 Å². The lowest BCUT2D eigenvalue weighted by Crippen LogP contribution is -2.32. The van der Waals surface area contributed by atoms with Crippen molar-refractivity contribution >= 4 is 5.78 Å². The van der Waals surface area contributed by atoms with Gasteiger partial charge in [-0.15, -0.1) is 0 Å². The van der Waals surface area contributed by atoms with Crippen molar-refractivity contribution in [3.05, 3.63) is 23.0 Å². The molecule has 3 aliphatic rings. The predicted octanol–water partition coefficient (Wildman–Crippen LogP) is 3.53. The minimum atomic E-state index is -0.193. The van der Waals surface area contributed by atoms with Gasteiger partial charge in [-0.2, -0.15) is 0 Å². The van der Waals surface area contributed by atoms with Crippen molar-refractivity contribution < 1.29 is 9.53 Å². The molecule has 0 aromatic heterocycles. The van der Waals surface area contributed by atoms with Crippen LogP contribution in [0, 0.1) is 5.41 Å². The number of hydrogen-bond donors (Lipinski definition) is 0. The smallest absolute Gasteiger partial charge is 0.146 e. The van der Waals surface area contributed by atoms with Gasteiger partial charge in [-0.05, 0) is 43.8 Å². The minimum absolute atomic E-state index is 0.193. The zero-order valence-electron chi connectivity index (χ0n) is 10.7. The molecule has 0 amide bonds. The maximum Gasteiger partial charge on any atom is 0.146 e. The molecule has 0 aromatic rings. The van der Waals surface area contributed by atoms with Crippen molar-refractivity contribution in [3.63, 3.8) is 0 Å². The monoisotopic (exact) mass is 232 g/mol. The second kappa shape index (κ2) is 3.72. The summed E-state index contributed by atoms with van der Waals surface area (Å²) in [7, 11) is 0. The molecule has 92 valence electrons. The Kier molecular flexibility index (Phi) is 2.42. The van der Waals surface area contributed by atoms with Gasteiger partial charge in [-0.3, -0.25) is 4.79 Å². The summed E-state index contributed by atoms with van der Waals surface area (Å²) in [6.45, 7) is 4.30. The Morgan fingerprint density at radius 3 is 3.06 bits per heavy atom. The summed E-state index contributed by atoms with van der Waals surface area (Å²) >= 11 is 0. The van der Waals surface area contributed by atoms with Gasteiger partial charge in [0.25, 0.3) is 0 Å². The van der Waals surface area contributed by atoms with Crippen LogP contribution in [0.1, 0.15) is 52.4 Å². The Morgan fingerprint density at radius 2 is 2.29 bits per heavy atom. The third-order valence-electron chi connectivity index (χ3n) is 4.70. The highest BCUT2D eigenvalue weighted by Crippen LogP contribution is 2.51. The fourth-order valence-corrected chi connectivity index (χ4v) is 3.45. The van der Waals surface area contributed by atoms with Crippen LogP contribution in [0.2, 0.25) is 0 Å². The molecule has 2 aliphatic carbocycles. The topological polar surface area (TPSA) is 26.3 Å². The molecule has 2 unspecified atom stereocenters. The molecule has 17 heavy (non-hydrogen) atoms. The Labute approximate surface area is 103 Å². The van der Waals surface area contributed by atoms with Gasteiger partial charge >= 0.3 is 0 Å². The van der Waals surface area contributed by atoms with Crippen LogP contribution in [-0.2, 0) is 9.53 Å². The first kappa shape index (κ1) is 11.1. The summed E-state index contributed by atoms with van der Waals surface area (Å²) in [5.41, 5.74) is 2.45. The summed E-state index contributed by atoms with van der Waals surface area (Å²) < 4.78 is 6.06. The van der Waals surface area contributed by atoms with Crippen LogP contribution < -0.4 is 0 Å². The van der Waals surface area contributed by atoms with Crippen molar-refractivity contribution in [1.29, 1.82) is 0 Å². The van der Waals surface area contributed by atoms with Gasteiger partial charge in [0.1, 0.15) is 5.78 Å². The first-order chi connectivity index (χ1) is 8.15. The lowest BCUT2D eigenvalue weighted by molar-refractivity contribution is -0.124. The van der Waals surface area contributed by atoms with E-state index in [0.717, 1.165) is 32.1 Å². The molecule has 0 bridgehead atoms. The minimum Gasteiger partial charge on any atom is -0.494 e. The highest BCUT2D eigenvalue weighted by Gasteiger charge is 2.46. The zero-order chi connectivity index (χ0) is 12.0. The normalized spacial score (nSPS) is 36.2. The third kappa shape index (κ3) is 1.50. The first-order valence-corrected chi connectivity index (χ1v) is 6.78. The molecule has 0 saturated carbocycles. The maximum absolute atomic E-state index is 12.0. The van der Waals surface area contributed by atoms with Crippen molar-refractivity contribution in [3.8, 4) is 0 Å². The number of allylic oxidation sites excluding steroid dienone is 4. The van der Waals surface area contributed by atoms with E-state index in [1.165, 1.54) is 16.9 Å². The Balaban J connectivity index is 1.96. The van der Waals surface area contributed by atoms with Gasteiger partial charge in [-0.1, -0.05) is 13.0 Å². The Morgan fingerprint density at radius 1 is 1.47 bits per heavy atom. The summed E-state index contributed by atoms with van der Waals surface area (Å²) in [4.78, 5) is 12.0. The number of fused-ring (bicyclic) bond motifs is 2. The van der Waals surface area contributed by atoms with Crippen LogP contribution in [0.3, 0.4) is 0 Å². The second-order valence-corrected chi connectivity index (χ2v) is 5.67. The van der Waals surface area contributed by atoms with E-state index in [2.05, 4.69) is 19.9 Å². The molecule has 0 saturated heterocycles. The molecule has 2 atom stereocenters. The number of hydrogen-bond acceptors (Lipinski definition) is 2. The zero-order valence-corrected chi connectivity index (χ0v) is 10.7. The molecule has 2 heteroatoms. The SMILES string of the molecule is CCC1CCC2=C(CCC3(C)C(=O)CC=C23)O1. The van der Waals surface area contributed by atoms with E-state index in [1.807, 2.05) is 0 Å². The van der Waals surface area contributed by atoms with E-state index >= 15 is 0 Å². The number of Topliss-reactive ketones (excluding diaryl/α,β-unsaturated/α-hetero) is 1. The van der Waals surface area contributed by atoms with Gasteiger partial charge in [0.2, 0.25) is 0 Å². The van der Waals surface area contributed by atoms with Gasteiger partial charge in [0.05, 0.1) is 17.3 Å². The summed E-state index contributed by atoms with van der Waals surface area (Å²) in [6.07, 6.45) is 8.35. The highest BCUT2D eigenvalue weighted by molar-refractivity contribution is 5.93. The van der Waals surface area contributed by atoms with Crippen molar-refractivity contribution in [2.24, 2.45) is 5.41 Å². The van der Waals surface area contributed by atoms with Crippen LogP contribution in [0.5, 0.6) is 0 Å². The number of ketones is 1.